The predicted molar refractivity (Wildman–Crippen MR) is 67.4 cm³/mol. The van der Waals surface area contributed by atoms with Crippen molar-refractivity contribution < 1.29 is 9.59 Å². The molecule has 5 nitrogen and oxygen atoms in total. The molecule has 18 heavy (non-hydrogen) atoms. The van der Waals surface area contributed by atoms with Crippen LogP contribution in [0, 0.1) is 22.7 Å². The summed E-state index contributed by atoms with van der Waals surface area (Å²) >= 11 is 0. The predicted octanol–water partition coefficient (Wildman–Crippen LogP) is 0.911. The van der Waals surface area contributed by atoms with E-state index in [1.807, 2.05) is 13.8 Å². The number of nitrogens with one attached hydrogen (secondary N) is 1. The lowest BCUT2D eigenvalue weighted by Gasteiger charge is -2.41. The van der Waals surface area contributed by atoms with Crippen molar-refractivity contribution in [1.82, 2.24) is 10.2 Å². The van der Waals surface area contributed by atoms with Gasteiger partial charge in [0, 0.05) is 13.6 Å². The van der Waals surface area contributed by atoms with Gasteiger partial charge in [0.2, 0.25) is 11.8 Å². The molecule has 0 aromatic carbocycles. The molecule has 0 heterocycles. The molecule has 1 fully saturated rings. The van der Waals surface area contributed by atoms with Gasteiger partial charge in [0.15, 0.2) is 0 Å². The fraction of sp³-hybridized carbons (Fsp3) is 0.769. The highest BCUT2D eigenvalue weighted by Crippen LogP contribution is 2.46. The van der Waals surface area contributed by atoms with Crippen molar-refractivity contribution in [2.45, 2.75) is 33.1 Å². The average molecular weight is 251 g/mol. The molecule has 0 aliphatic heterocycles. The van der Waals surface area contributed by atoms with Gasteiger partial charge in [-0.2, -0.15) is 5.26 Å². The highest BCUT2D eigenvalue weighted by molar-refractivity contribution is 5.90. The fourth-order valence-corrected chi connectivity index (χ4v) is 2.42. The first-order valence-electron chi connectivity index (χ1n) is 6.38. The summed E-state index contributed by atoms with van der Waals surface area (Å²) in [5, 5.41) is 11.9. The van der Waals surface area contributed by atoms with Crippen molar-refractivity contribution in [2.75, 3.05) is 20.1 Å². The molecule has 0 aromatic heterocycles. The van der Waals surface area contributed by atoms with Gasteiger partial charge < -0.3 is 10.2 Å². The number of nitrogens with zero attached hydrogens (tertiary/aromatic N) is 2. The van der Waals surface area contributed by atoms with Crippen molar-refractivity contribution in [3.05, 3.63) is 0 Å². The average Bonchev–Trinajstić information content (AvgIpc) is 2.31. The summed E-state index contributed by atoms with van der Waals surface area (Å²) in [4.78, 5) is 25.0. The van der Waals surface area contributed by atoms with Gasteiger partial charge in [-0.1, -0.05) is 13.8 Å². The van der Waals surface area contributed by atoms with Crippen LogP contribution in [0.3, 0.4) is 0 Å². The Kier molecular flexibility index (Phi) is 4.71. The minimum atomic E-state index is -0.890. The van der Waals surface area contributed by atoms with E-state index in [4.69, 9.17) is 5.26 Å². The van der Waals surface area contributed by atoms with E-state index < -0.39 is 5.41 Å². The Bertz CT molecular complexity index is 367. The van der Waals surface area contributed by atoms with Gasteiger partial charge in [-0.15, -0.1) is 0 Å². The Hall–Kier alpha value is -1.57. The Labute approximate surface area is 108 Å². The zero-order chi connectivity index (χ0) is 13.8. The standard InChI is InChI=1S/C13H21N3O2/c1-4-5-15-11(17)8-16(3)12(18)13(9-14)6-10(2)7-13/h10H,4-8H2,1-3H3,(H,15,17). The molecule has 1 saturated carbocycles. The highest BCUT2D eigenvalue weighted by Gasteiger charge is 2.50. The van der Waals surface area contributed by atoms with Crippen LogP contribution in [0.1, 0.15) is 33.1 Å². The van der Waals surface area contributed by atoms with Crippen LogP contribution in [0.4, 0.5) is 0 Å². The molecular formula is C13H21N3O2. The maximum absolute atomic E-state index is 12.2. The smallest absolute Gasteiger partial charge is 0.243 e. The minimum Gasteiger partial charge on any atom is -0.355 e. The molecule has 0 radical (unpaired) electrons. The molecule has 0 bridgehead atoms. The number of hydrogen-bond donors (Lipinski definition) is 1. The number of carbonyl (C=O) groups is 2. The summed E-state index contributed by atoms with van der Waals surface area (Å²) in [6.07, 6.45) is 2.07. The van der Waals surface area contributed by atoms with Gasteiger partial charge in [-0.25, -0.2) is 0 Å². The van der Waals surface area contributed by atoms with E-state index in [0.29, 0.717) is 25.3 Å². The molecule has 0 unspecified atom stereocenters. The number of nitriles is 1. The SMILES string of the molecule is CCCNC(=O)CN(C)C(=O)C1(C#N)CC(C)C1. The molecule has 100 valence electrons. The Morgan fingerprint density at radius 1 is 1.50 bits per heavy atom. The Balaban J connectivity index is 2.52. The number of hydrogen-bond acceptors (Lipinski definition) is 3. The van der Waals surface area contributed by atoms with Crippen molar-refractivity contribution in [2.24, 2.45) is 11.3 Å². The second-order valence-electron chi connectivity index (χ2n) is 5.22. The lowest BCUT2D eigenvalue weighted by Crippen LogP contribution is -2.51. The van der Waals surface area contributed by atoms with Crippen LogP contribution in [0.5, 0.6) is 0 Å². The number of rotatable bonds is 5. The maximum Gasteiger partial charge on any atom is 0.243 e. The molecule has 1 rings (SSSR count). The van der Waals surface area contributed by atoms with Gasteiger partial charge in [0.25, 0.3) is 0 Å². The zero-order valence-electron chi connectivity index (χ0n) is 11.3. The topological polar surface area (TPSA) is 73.2 Å². The third-order valence-corrected chi connectivity index (χ3v) is 3.32. The second kappa shape index (κ2) is 5.85. The summed E-state index contributed by atoms with van der Waals surface area (Å²) in [7, 11) is 1.58. The lowest BCUT2D eigenvalue weighted by atomic mass is 9.63. The molecular weight excluding hydrogens is 230 g/mol. The monoisotopic (exact) mass is 251 g/mol. The van der Waals surface area contributed by atoms with Crippen LogP contribution in [0.25, 0.3) is 0 Å². The third kappa shape index (κ3) is 3.00. The molecule has 0 atom stereocenters. The minimum absolute atomic E-state index is 0.0244. The second-order valence-corrected chi connectivity index (χ2v) is 5.22. The quantitative estimate of drug-likeness (QED) is 0.789. The molecule has 5 heteroatoms. The van der Waals surface area contributed by atoms with Gasteiger partial charge >= 0.3 is 0 Å². The molecule has 1 N–H and O–H groups in total. The summed E-state index contributed by atoms with van der Waals surface area (Å²) in [6.45, 7) is 4.63. The van der Waals surface area contributed by atoms with E-state index in [9.17, 15) is 9.59 Å². The normalized spacial score (nSPS) is 25.8. The van der Waals surface area contributed by atoms with E-state index >= 15 is 0 Å². The zero-order valence-corrected chi connectivity index (χ0v) is 11.3. The summed E-state index contributed by atoms with van der Waals surface area (Å²) in [5.41, 5.74) is -0.890. The van der Waals surface area contributed by atoms with Gasteiger partial charge in [0.05, 0.1) is 12.6 Å². The van der Waals surface area contributed by atoms with E-state index in [2.05, 4.69) is 11.4 Å². The van der Waals surface area contributed by atoms with Gasteiger partial charge in [-0.3, -0.25) is 9.59 Å². The first-order chi connectivity index (χ1) is 8.45. The van der Waals surface area contributed by atoms with Crippen LogP contribution in [-0.4, -0.2) is 36.9 Å². The van der Waals surface area contributed by atoms with Gasteiger partial charge in [-0.05, 0) is 25.2 Å². The third-order valence-electron chi connectivity index (χ3n) is 3.32. The van der Waals surface area contributed by atoms with Crippen LogP contribution in [0.2, 0.25) is 0 Å². The summed E-state index contributed by atoms with van der Waals surface area (Å²) in [6, 6.07) is 2.12. The number of amides is 2. The molecule has 2 amide bonds. The van der Waals surface area contributed by atoms with Crippen LogP contribution >= 0.6 is 0 Å². The van der Waals surface area contributed by atoms with E-state index in [1.165, 1.54) is 4.90 Å². The van der Waals surface area contributed by atoms with Gasteiger partial charge in [0.1, 0.15) is 5.41 Å². The van der Waals surface area contributed by atoms with Crippen LogP contribution in [-0.2, 0) is 9.59 Å². The summed E-state index contributed by atoms with van der Waals surface area (Å²) in [5.74, 6) is 0.0128. The summed E-state index contributed by atoms with van der Waals surface area (Å²) < 4.78 is 0. The number of likely N-dealkylation sites (N-methyl/N-ethyl adjacent to an activating group) is 1. The molecule has 0 aromatic rings. The molecule has 0 saturated heterocycles. The molecule has 1 aliphatic carbocycles. The van der Waals surface area contributed by atoms with Crippen molar-refractivity contribution >= 4 is 11.8 Å². The van der Waals surface area contributed by atoms with Crippen molar-refractivity contribution in [3.63, 3.8) is 0 Å². The highest BCUT2D eigenvalue weighted by atomic mass is 16.2. The largest absolute Gasteiger partial charge is 0.355 e. The Morgan fingerprint density at radius 2 is 2.11 bits per heavy atom. The van der Waals surface area contributed by atoms with Crippen molar-refractivity contribution in [3.8, 4) is 6.07 Å². The fourth-order valence-electron chi connectivity index (χ4n) is 2.42. The van der Waals surface area contributed by atoms with Crippen LogP contribution < -0.4 is 5.32 Å². The molecule has 1 aliphatic rings. The van der Waals surface area contributed by atoms with E-state index in [-0.39, 0.29) is 18.4 Å². The first kappa shape index (κ1) is 14.5. The van der Waals surface area contributed by atoms with Crippen molar-refractivity contribution in [1.29, 1.82) is 5.26 Å². The lowest BCUT2D eigenvalue weighted by molar-refractivity contribution is -0.146. The van der Waals surface area contributed by atoms with E-state index in [0.717, 1.165) is 6.42 Å². The maximum atomic E-state index is 12.2. The first-order valence-corrected chi connectivity index (χ1v) is 6.38. The molecule has 0 spiro atoms. The Morgan fingerprint density at radius 3 is 2.56 bits per heavy atom. The number of carbonyl (C=O) groups excluding carboxylic acids is 2. The van der Waals surface area contributed by atoms with E-state index in [1.54, 1.807) is 7.05 Å². The van der Waals surface area contributed by atoms with Crippen LogP contribution in [0.15, 0.2) is 0 Å².